The van der Waals surface area contributed by atoms with Gasteiger partial charge in [0.2, 0.25) is 0 Å². The van der Waals surface area contributed by atoms with Crippen LogP contribution in [0.1, 0.15) is 30.9 Å². The van der Waals surface area contributed by atoms with Crippen LogP contribution >= 0.6 is 0 Å². The number of esters is 1. The molecule has 0 aliphatic carbocycles. The second kappa shape index (κ2) is 6.23. The lowest BCUT2D eigenvalue weighted by atomic mass is 10.0. The summed E-state index contributed by atoms with van der Waals surface area (Å²) in [6.45, 7) is 4.86. The molecular formula is C15H19N3O2. The minimum absolute atomic E-state index is 0.242. The highest BCUT2D eigenvalue weighted by molar-refractivity contribution is 5.78. The molecule has 1 aromatic carbocycles. The molecule has 0 amide bonds. The third-order valence-electron chi connectivity index (χ3n) is 3.16. The van der Waals surface area contributed by atoms with E-state index >= 15 is 0 Å². The summed E-state index contributed by atoms with van der Waals surface area (Å²) in [6, 6.07) is 7.29. The lowest BCUT2D eigenvalue weighted by Crippen LogP contribution is -2.13. The van der Waals surface area contributed by atoms with Gasteiger partial charge in [-0.3, -0.25) is 9.48 Å². The van der Waals surface area contributed by atoms with Crippen LogP contribution in [0.2, 0.25) is 0 Å². The van der Waals surface area contributed by atoms with E-state index in [1.54, 1.807) is 23.0 Å². The second-order valence-corrected chi connectivity index (χ2v) is 4.70. The van der Waals surface area contributed by atoms with Gasteiger partial charge in [-0.05, 0) is 31.5 Å². The number of rotatable bonds is 5. The van der Waals surface area contributed by atoms with E-state index in [2.05, 4.69) is 5.10 Å². The Morgan fingerprint density at radius 3 is 2.95 bits per heavy atom. The SMILES string of the molecule is CCn1cc(COC(=O)C(C)c2cccc(N)c2)cn1. The first-order valence-electron chi connectivity index (χ1n) is 6.63. The Kier molecular flexibility index (Phi) is 4.40. The number of hydrogen-bond acceptors (Lipinski definition) is 4. The van der Waals surface area contributed by atoms with Gasteiger partial charge in [0.05, 0.1) is 12.1 Å². The fraction of sp³-hybridized carbons (Fsp3) is 0.333. The number of nitrogens with two attached hydrogens (primary N) is 1. The van der Waals surface area contributed by atoms with Crippen molar-refractivity contribution < 1.29 is 9.53 Å². The van der Waals surface area contributed by atoms with Crippen LogP contribution in [0.3, 0.4) is 0 Å². The van der Waals surface area contributed by atoms with Crippen LogP contribution < -0.4 is 5.73 Å². The second-order valence-electron chi connectivity index (χ2n) is 4.70. The fourth-order valence-corrected chi connectivity index (χ4v) is 1.90. The molecule has 2 aromatic rings. The Labute approximate surface area is 118 Å². The predicted molar refractivity (Wildman–Crippen MR) is 77.0 cm³/mol. The molecule has 106 valence electrons. The van der Waals surface area contributed by atoms with Crippen molar-refractivity contribution in [3.05, 3.63) is 47.8 Å². The molecule has 20 heavy (non-hydrogen) atoms. The van der Waals surface area contributed by atoms with E-state index in [1.165, 1.54) is 0 Å². The van der Waals surface area contributed by atoms with E-state index in [-0.39, 0.29) is 18.5 Å². The van der Waals surface area contributed by atoms with Gasteiger partial charge in [-0.25, -0.2) is 0 Å². The Bertz CT molecular complexity index is 592. The Balaban J connectivity index is 1.94. The number of nitrogens with zero attached hydrogens (tertiary/aromatic N) is 2. The average molecular weight is 273 g/mol. The van der Waals surface area contributed by atoms with Crippen LogP contribution in [0.5, 0.6) is 0 Å². The van der Waals surface area contributed by atoms with Gasteiger partial charge in [0.25, 0.3) is 0 Å². The van der Waals surface area contributed by atoms with Crippen LogP contribution in [0.15, 0.2) is 36.7 Å². The predicted octanol–water partition coefficient (Wildman–Crippen LogP) is 2.33. The van der Waals surface area contributed by atoms with Gasteiger partial charge in [0.15, 0.2) is 0 Å². The third-order valence-corrected chi connectivity index (χ3v) is 3.16. The lowest BCUT2D eigenvalue weighted by Gasteiger charge is -2.11. The largest absolute Gasteiger partial charge is 0.460 e. The summed E-state index contributed by atoms with van der Waals surface area (Å²) < 4.78 is 7.11. The number of ether oxygens (including phenoxy) is 1. The molecule has 2 rings (SSSR count). The van der Waals surface area contributed by atoms with Crippen molar-refractivity contribution in [1.82, 2.24) is 9.78 Å². The van der Waals surface area contributed by atoms with Crippen molar-refractivity contribution in [3.8, 4) is 0 Å². The van der Waals surface area contributed by atoms with Gasteiger partial charge in [0.1, 0.15) is 6.61 Å². The number of nitrogen functional groups attached to an aromatic ring is 1. The number of carbonyl (C=O) groups excluding carboxylic acids is 1. The summed E-state index contributed by atoms with van der Waals surface area (Å²) in [5, 5.41) is 4.14. The third kappa shape index (κ3) is 3.38. The molecule has 0 radical (unpaired) electrons. The van der Waals surface area contributed by atoms with Crippen LogP contribution in [0, 0.1) is 0 Å². The van der Waals surface area contributed by atoms with Gasteiger partial charge >= 0.3 is 5.97 Å². The molecule has 1 heterocycles. The zero-order valence-electron chi connectivity index (χ0n) is 11.7. The monoisotopic (exact) mass is 273 g/mol. The lowest BCUT2D eigenvalue weighted by molar-refractivity contribution is -0.146. The van der Waals surface area contributed by atoms with Crippen molar-refractivity contribution in [1.29, 1.82) is 0 Å². The summed E-state index contributed by atoms with van der Waals surface area (Å²) in [5.74, 6) is -0.598. The van der Waals surface area contributed by atoms with E-state index in [0.29, 0.717) is 5.69 Å². The highest BCUT2D eigenvalue weighted by Gasteiger charge is 2.17. The number of carbonyl (C=O) groups is 1. The van der Waals surface area contributed by atoms with E-state index < -0.39 is 0 Å². The molecule has 0 aliphatic heterocycles. The van der Waals surface area contributed by atoms with Crippen molar-refractivity contribution in [2.24, 2.45) is 0 Å². The average Bonchev–Trinajstić information content (AvgIpc) is 2.92. The van der Waals surface area contributed by atoms with E-state index in [9.17, 15) is 4.79 Å². The summed E-state index contributed by atoms with van der Waals surface area (Å²) in [5.41, 5.74) is 8.11. The topological polar surface area (TPSA) is 70.1 Å². The van der Waals surface area contributed by atoms with Crippen LogP contribution in [-0.4, -0.2) is 15.7 Å². The van der Waals surface area contributed by atoms with Gasteiger partial charge in [-0.1, -0.05) is 12.1 Å². The minimum Gasteiger partial charge on any atom is -0.460 e. The molecule has 5 heteroatoms. The standard InChI is InChI=1S/C15H19N3O2/c1-3-18-9-12(8-17-18)10-20-15(19)11(2)13-5-4-6-14(16)7-13/h4-9,11H,3,10,16H2,1-2H3. The first kappa shape index (κ1) is 14.1. The maximum Gasteiger partial charge on any atom is 0.313 e. The van der Waals surface area contributed by atoms with Gasteiger partial charge in [-0.2, -0.15) is 5.10 Å². The molecule has 0 saturated carbocycles. The molecule has 0 saturated heterocycles. The van der Waals surface area contributed by atoms with Crippen LogP contribution in [-0.2, 0) is 22.7 Å². The quantitative estimate of drug-likeness (QED) is 0.670. The zero-order valence-corrected chi connectivity index (χ0v) is 11.7. The zero-order chi connectivity index (χ0) is 14.5. The van der Waals surface area contributed by atoms with Gasteiger partial charge in [0, 0.05) is 24.0 Å². The molecule has 1 unspecified atom stereocenters. The number of benzene rings is 1. The van der Waals surface area contributed by atoms with Gasteiger partial charge < -0.3 is 10.5 Å². The summed E-state index contributed by atoms with van der Waals surface area (Å²) in [4.78, 5) is 12.0. The molecular weight excluding hydrogens is 254 g/mol. The van der Waals surface area contributed by atoms with E-state index in [0.717, 1.165) is 17.7 Å². The molecule has 0 spiro atoms. The Hall–Kier alpha value is -2.30. The van der Waals surface area contributed by atoms with E-state index in [1.807, 2.05) is 32.2 Å². The van der Waals surface area contributed by atoms with Crippen LogP contribution in [0.25, 0.3) is 0 Å². The molecule has 0 bridgehead atoms. The van der Waals surface area contributed by atoms with Crippen molar-refractivity contribution in [2.45, 2.75) is 32.9 Å². The molecule has 2 N–H and O–H groups in total. The summed E-state index contributed by atoms with van der Waals surface area (Å²) >= 11 is 0. The molecule has 1 aromatic heterocycles. The van der Waals surface area contributed by atoms with E-state index in [4.69, 9.17) is 10.5 Å². The smallest absolute Gasteiger partial charge is 0.313 e. The minimum atomic E-state index is -0.334. The van der Waals surface area contributed by atoms with Crippen molar-refractivity contribution in [2.75, 3.05) is 5.73 Å². The number of aryl methyl sites for hydroxylation is 1. The Morgan fingerprint density at radius 1 is 1.50 bits per heavy atom. The van der Waals surface area contributed by atoms with Crippen LogP contribution in [0.4, 0.5) is 5.69 Å². The Morgan fingerprint density at radius 2 is 2.30 bits per heavy atom. The molecule has 0 aliphatic rings. The maximum atomic E-state index is 12.0. The molecule has 1 atom stereocenters. The summed E-state index contributed by atoms with van der Waals surface area (Å²) in [7, 11) is 0. The molecule has 0 fully saturated rings. The van der Waals surface area contributed by atoms with Crippen molar-refractivity contribution in [3.63, 3.8) is 0 Å². The van der Waals surface area contributed by atoms with Crippen molar-refractivity contribution >= 4 is 11.7 Å². The normalized spacial score (nSPS) is 12.1. The number of anilines is 1. The number of hydrogen-bond donors (Lipinski definition) is 1. The first-order chi connectivity index (χ1) is 9.60. The highest BCUT2D eigenvalue weighted by Crippen LogP contribution is 2.19. The molecule has 5 nitrogen and oxygen atoms in total. The van der Waals surface area contributed by atoms with Gasteiger partial charge in [-0.15, -0.1) is 0 Å². The highest BCUT2D eigenvalue weighted by atomic mass is 16.5. The fourth-order valence-electron chi connectivity index (χ4n) is 1.90. The number of aromatic nitrogens is 2. The summed E-state index contributed by atoms with van der Waals surface area (Å²) in [6.07, 6.45) is 3.58. The first-order valence-corrected chi connectivity index (χ1v) is 6.63. The maximum absolute atomic E-state index is 12.0.